The molecule has 0 unspecified atom stereocenters. The first kappa shape index (κ1) is 15.0. The number of rotatable bonds is 3. The van der Waals surface area contributed by atoms with Crippen LogP contribution in [0.5, 0.6) is 11.5 Å². The molecule has 1 aliphatic carbocycles. The van der Waals surface area contributed by atoms with Gasteiger partial charge >= 0.3 is 0 Å². The minimum atomic E-state index is -0.100. The fourth-order valence-electron chi connectivity index (χ4n) is 2.99. The summed E-state index contributed by atoms with van der Waals surface area (Å²) < 4.78 is 11.7. The molecule has 22 heavy (non-hydrogen) atoms. The smallest absolute Gasteiger partial charge is 0.127 e. The van der Waals surface area contributed by atoms with Gasteiger partial charge in [0.1, 0.15) is 17.1 Å². The Morgan fingerprint density at radius 2 is 2.05 bits per heavy atom. The van der Waals surface area contributed by atoms with Crippen molar-refractivity contribution in [1.82, 2.24) is 0 Å². The van der Waals surface area contributed by atoms with E-state index in [0.29, 0.717) is 0 Å². The average Bonchev–Trinajstić information content (AvgIpc) is 2.52. The molecule has 1 aromatic carbocycles. The zero-order valence-electron chi connectivity index (χ0n) is 13.7. The minimum Gasteiger partial charge on any atom is -0.496 e. The third-order valence-corrected chi connectivity index (χ3v) is 4.31. The van der Waals surface area contributed by atoms with E-state index >= 15 is 0 Å². The summed E-state index contributed by atoms with van der Waals surface area (Å²) in [5.41, 5.74) is 3.58. The van der Waals surface area contributed by atoms with Crippen LogP contribution in [-0.4, -0.2) is 12.7 Å². The van der Waals surface area contributed by atoms with E-state index in [1.54, 1.807) is 7.11 Å². The Hall–Kier alpha value is -1.96. The van der Waals surface area contributed by atoms with Crippen LogP contribution < -0.4 is 9.47 Å². The summed E-state index contributed by atoms with van der Waals surface area (Å²) in [5, 5.41) is 0. The molecule has 0 saturated carbocycles. The van der Waals surface area contributed by atoms with E-state index in [4.69, 9.17) is 9.47 Å². The molecule has 0 atom stereocenters. The van der Waals surface area contributed by atoms with Crippen LogP contribution in [0.4, 0.5) is 0 Å². The van der Waals surface area contributed by atoms with Crippen molar-refractivity contribution in [2.24, 2.45) is 0 Å². The lowest BCUT2D eigenvalue weighted by Gasteiger charge is -2.33. The molecule has 116 valence electrons. The van der Waals surface area contributed by atoms with E-state index in [0.717, 1.165) is 42.7 Å². The summed E-state index contributed by atoms with van der Waals surface area (Å²) in [7, 11) is 1.73. The van der Waals surface area contributed by atoms with Gasteiger partial charge in [-0.15, -0.1) is 0 Å². The Morgan fingerprint density at radius 1 is 1.18 bits per heavy atom. The fraction of sp³-hybridized carbons (Fsp3) is 0.400. The van der Waals surface area contributed by atoms with E-state index in [1.165, 1.54) is 11.1 Å². The van der Waals surface area contributed by atoms with Gasteiger partial charge in [0.2, 0.25) is 0 Å². The van der Waals surface area contributed by atoms with Gasteiger partial charge in [-0.05, 0) is 62.8 Å². The number of ether oxygens (including phenoxy) is 2. The molecule has 1 aromatic rings. The van der Waals surface area contributed by atoms with E-state index in [1.807, 2.05) is 0 Å². The Morgan fingerprint density at radius 3 is 2.77 bits per heavy atom. The second-order valence-corrected chi connectivity index (χ2v) is 6.60. The standard InChI is InChI=1S/C20H24O2/c1-20(2)12-11-17-18(21-3)13-16(14-19(17)22-20)10-9-15-7-5-4-6-8-15/h4-5,7,9-10,13-14H,6,8,11-12H2,1-3H3. The van der Waals surface area contributed by atoms with Crippen LogP contribution in [0.3, 0.4) is 0 Å². The zero-order valence-corrected chi connectivity index (χ0v) is 13.7. The van der Waals surface area contributed by atoms with Crippen LogP contribution in [0.15, 0.2) is 42.0 Å². The largest absolute Gasteiger partial charge is 0.496 e. The lowest BCUT2D eigenvalue weighted by Crippen LogP contribution is -2.32. The highest BCUT2D eigenvalue weighted by molar-refractivity contribution is 5.61. The highest BCUT2D eigenvalue weighted by Gasteiger charge is 2.28. The van der Waals surface area contributed by atoms with Crippen molar-refractivity contribution >= 4 is 6.08 Å². The summed E-state index contributed by atoms with van der Waals surface area (Å²) in [6, 6.07) is 4.24. The van der Waals surface area contributed by atoms with Crippen LogP contribution >= 0.6 is 0 Å². The molecular weight excluding hydrogens is 272 g/mol. The highest BCUT2D eigenvalue weighted by atomic mass is 16.5. The molecule has 2 nitrogen and oxygen atoms in total. The van der Waals surface area contributed by atoms with E-state index in [-0.39, 0.29) is 5.60 Å². The molecule has 0 amide bonds. The number of allylic oxidation sites excluding steroid dienone is 5. The molecule has 0 fully saturated rings. The summed E-state index contributed by atoms with van der Waals surface area (Å²) in [6.07, 6.45) is 15.1. The van der Waals surface area contributed by atoms with Crippen LogP contribution in [0.1, 0.15) is 44.2 Å². The monoisotopic (exact) mass is 296 g/mol. The Kier molecular flexibility index (Phi) is 4.10. The Labute approximate surface area is 133 Å². The van der Waals surface area contributed by atoms with Gasteiger partial charge < -0.3 is 9.47 Å². The van der Waals surface area contributed by atoms with Crippen molar-refractivity contribution in [3.8, 4) is 11.5 Å². The summed E-state index contributed by atoms with van der Waals surface area (Å²) in [6.45, 7) is 4.29. The van der Waals surface area contributed by atoms with Gasteiger partial charge in [0.15, 0.2) is 0 Å². The third-order valence-electron chi connectivity index (χ3n) is 4.31. The van der Waals surface area contributed by atoms with E-state index in [9.17, 15) is 0 Å². The van der Waals surface area contributed by atoms with Crippen molar-refractivity contribution in [1.29, 1.82) is 0 Å². The summed E-state index contributed by atoms with van der Waals surface area (Å²) in [4.78, 5) is 0. The molecule has 0 bridgehead atoms. The number of hydrogen-bond donors (Lipinski definition) is 0. The third kappa shape index (κ3) is 3.27. The molecule has 0 spiro atoms. The number of benzene rings is 1. The van der Waals surface area contributed by atoms with Gasteiger partial charge in [-0.2, -0.15) is 0 Å². The highest BCUT2D eigenvalue weighted by Crippen LogP contribution is 2.39. The lowest BCUT2D eigenvalue weighted by molar-refractivity contribution is 0.0836. The van der Waals surface area contributed by atoms with Crippen molar-refractivity contribution < 1.29 is 9.47 Å². The first-order valence-corrected chi connectivity index (χ1v) is 8.01. The molecule has 0 N–H and O–H groups in total. The number of hydrogen-bond acceptors (Lipinski definition) is 2. The van der Waals surface area contributed by atoms with E-state index in [2.05, 4.69) is 56.4 Å². The molecule has 0 radical (unpaired) electrons. The lowest BCUT2D eigenvalue weighted by atomic mass is 9.92. The second kappa shape index (κ2) is 6.04. The van der Waals surface area contributed by atoms with Crippen molar-refractivity contribution in [3.63, 3.8) is 0 Å². The predicted molar refractivity (Wildman–Crippen MR) is 91.5 cm³/mol. The SMILES string of the molecule is COc1cc(C=CC2=CC=CCC2)cc2c1CCC(C)(C)O2. The van der Waals surface area contributed by atoms with Gasteiger partial charge in [-0.25, -0.2) is 0 Å². The van der Waals surface area contributed by atoms with Gasteiger partial charge in [0.25, 0.3) is 0 Å². The van der Waals surface area contributed by atoms with Crippen molar-refractivity contribution in [2.75, 3.05) is 7.11 Å². The molecule has 0 saturated heterocycles. The van der Waals surface area contributed by atoms with Gasteiger partial charge in [-0.1, -0.05) is 30.4 Å². The zero-order chi connectivity index (χ0) is 15.6. The van der Waals surface area contributed by atoms with Gasteiger partial charge in [0, 0.05) is 5.56 Å². The molecule has 0 aromatic heterocycles. The van der Waals surface area contributed by atoms with Gasteiger partial charge in [0.05, 0.1) is 7.11 Å². The minimum absolute atomic E-state index is 0.100. The Balaban J connectivity index is 1.91. The maximum Gasteiger partial charge on any atom is 0.127 e. The maximum absolute atomic E-state index is 6.15. The van der Waals surface area contributed by atoms with Crippen LogP contribution in [-0.2, 0) is 6.42 Å². The number of methoxy groups -OCH3 is 1. The molecule has 1 heterocycles. The van der Waals surface area contributed by atoms with E-state index < -0.39 is 0 Å². The first-order valence-electron chi connectivity index (χ1n) is 8.01. The predicted octanol–water partition coefficient (Wildman–Crippen LogP) is 5.09. The summed E-state index contributed by atoms with van der Waals surface area (Å²) in [5.74, 6) is 1.90. The van der Waals surface area contributed by atoms with Crippen LogP contribution in [0.25, 0.3) is 6.08 Å². The topological polar surface area (TPSA) is 18.5 Å². The summed E-state index contributed by atoms with van der Waals surface area (Å²) >= 11 is 0. The maximum atomic E-state index is 6.15. The van der Waals surface area contributed by atoms with Crippen LogP contribution in [0, 0.1) is 0 Å². The van der Waals surface area contributed by atoms with Crippen LogP contribution in [0.2, 0.25) is 0 Å². The van der Waals surface area contributed by atoms with Crippen molar-refractivity contribution in [2.45, 2.75) is 45.1 Å². The molecule has 2 aliphatic rings. The number of fused-ring (bicyclic) bond motifs is 1. The Bertz CT molecular complexity index is 648. The van der Waals surface area contributed by atoms with Gasteiger partial charge in [-0.3, -0.25) is 0 Å². The molecular formula is C20H24O2. The first-order chi connectivity index (χ1) is 10.6. The molecule has 3 rings (SSSR count). The fourth-order valence-corrected chi connectivity index (χ4v) is 2.99. The normalized spacial score (nSPS) is 19.5. The molecule has 1 aliphatic heterocycles. The average molecular weight is 296 g/mol. The second-order valence-electron chi connectivity index (χ2n) is 6.60. The van der Waals surface area contributed by atoms with Crippen molar-refractivity contribution in [3.05, 3.63) is 53.1 Å². The quantitative estimate of drug-likeness (QED) is 0.773. The molecule has 2 heteroatoms.